The summed E-state index contributed by atoms with van der Waals surface area (Å²) in [5.41, 5.74) is 2.20. The monoisotopic (exact) mass is 737 g/mol. The highest BCUT2D eigenvalue weighted by Crippen LogP contribution is 2.47. The maximum atomic E-state index is 15.5. The van der Waals surface area contributed by atoms with E-state index in [4.69, 9.17) is 4.74 Å². The maximum absolute atomic E-state index is 15.5. The van der Waals surface area contributed by atoms with Crippen LogP contribution in [0, 0.1) is 11.6 Å². The maximum Gasteiger partial charge on any atom is 0.306 e. The molecule has 0 radical (unpaired) electrons. The number of ether oxygens (including phenoxy) is 1. The quantitative estimate of drug-likeness (QED) is 0.130. The lowest BCUT2D eigenvalue weighted by Crippen LogP contribution is -2.32. The summed E-state index contributed by atoms with van der Waals surface area (Å²) < 4.78 is 63.0. The number of pyridine rings is 2. The summed E-state index contributed by atoms with van der Waals surface area (Å²) >= 11 is 0. The lowest BCUT2D eigenvalue weighted by Gasteiger charge is -2.27. The van der Waals surface area contributed by atoms with Gasteiger partial charge in [0.2, 0.25) is 0 Å². The molecular weight excluding hydrogens is 693 g/mol. The number of aromatic amines is 1. The van der Waals surface area contributed by atoms with Gasteiger partial charge >= 0.3 is 5.97 Å². The molecular formula is C38H45F2N5O6S. The number of carbonyl (C=O) groups excluding carboxylic acids is 2. The van der Waals surface area contributed by atoms with Crippen molar-refractivity contribution in [2.45, 2.75) is 89.5 Å². The number of anilines is 2. The Balaban J connectivity index is 1.31. The second-order valence-electron chi connectivity index (χ2n) is 14.9. The molecule has 2 aliphatic rings. The molecule has 4 aromatic rings. The van der Waals surface area contributed by atoms with E-state index in [0.29, 0.717) is 58.2 Å². The average Bonchev–Trinajstić information content (AvgIpc) is 3.35. The van der Waals surface area contributed by atoms with E-state index in [2.05, 4.69) is 9.97 Å². The highest BCUT2D eigenvalue weighted by molar-refractivity contribution is 7.90. The molecule has 52 heavy (non-hydrogen) atoms. The highest BCUT2D eigenvalue weighted by atomic mass is 32.2. The van der Waals surface area contributed by atoms with Gasteiger partial charge in [-0.25, -0.2) is 22.2 Å². The van der Waals surface area contributed by atoms with Gasteiger partial charge in [0.15, 0.2) is 21.5 Å². The lowest BCUT2D eigenvalue weighted by atomic mass is 9.93. The van der Waals surface area contributed by atoms with Gasteiger partial charge in [0, 0.05) is 73.4 Å². The van der Waals surface area contributed by atoms with Crippen molar-refractivity contribution in [1.29, 1.82) is 0 Å². The van der Waals surface area contributed by atoms with E-state index in [9.17, 15) is 27.2 Å². The van der Waals surface area contributed by atoms with Crippen LogP contribution in [-0.4, -0.2) is 64.7 Å². The number of fused-ring (bicyclic) bond motifs is 3. The van der Waals surface area contributed by atoms with Gasteiger partial charge in [-0.05, 0) is 63.3 Å². The molecule has 2 aliphatic heterocycles. The minimum Gasteiger partial charge on any atom is -0.460 e. The second-order valence-corrected chi connectivity index (χ2v) is 17.1. The Bertz CT molecular complexity index is 2210. The largest absolute Gasteiger partial charge is 0.460 e. The number of nitrogens with one attached hydrogen (secondary N) is 1. The van der Waals surface area contributed by atoms with Gasteiger partial charge in [0.25, 0.3) is 11.5 Å². The summed E-state index contributed by atoms with van der Waals surface area (Å²) in [4.78, 5) is 49.8. The predicted molar refractivity (Wildman–Crippen MR) is 195 cm³/mol. The van der Waals surface area contributed by atoms with Gasteiger partial charge in [0.1, 0.15) is 16.9 Å². The summed E-state index contributed by atoms with van der Waals surface area (Å²) in [5.74, 6) is -2.48. The van der Waals surface area contributed by atoms with E-state index in [1.165, 1.54) is 9.47 Å². The third kappa shape index (κ3) is 7.62. The van der Waals surface area contributed by atoms with Gasteiger partial charge in [-0.15, -0.1) is 0 Å². The zero-order valence-corrected chi connectivity index (χ0v) is 31.0. The molecule has 1 unspecified atom stereocenters. The Hall–Kier alpha value is -4.59. The van der Waals surface area contributed by atoms with Crippen molar-refractivity contribution in [3.63, 3.8) is 0 Å². The van der Waals surface area contributed by atoms with Crippen molar-refractivity contribution < 1.29 is 31.5 Å². The fourth-order valence-corrected chi connectivity index (χ4v) is 8.53. The number of halogens is 2. The van der Waals surface area contributed by atoms with Gasteiger partial charge < -0.3 is 24.1 Å². The minimum atomic E-state index is -3.69. The molecule has 0 saturated carbocycles. The first-order valence-corrected chi connectivity index (χ1v) is 19.7. The molecule has 0 saturated heterocycles. The van der Waals surface area contributed by atoms with Crippen LogP contribution in [0.25, 0.3) is 22.0 Å². The SMILES string of the molecule is Cn1cc2c3c(c[nH]c3c1=O)CN(c1ncc(F)cc1F)c1cc3c(cc1-2)C(S(C)(=O)=O)CCN(CCCCCCCCC(=O)OC(C)(C)C)C3=O. The predicted octanol–water partition coefficient (Wildman–Crippen LogP) is 6.86. The molecule has 278 valence electrons. The number of amides is 1. The van der Waals surface area contributed by atoms with Gasteiger partial charge in [-0.3, -0.25) is 14.4 Å². The first-order valence-electron chi connectivity index (χ1n) is 17.7. The second kappa shape index (κ2) is 14.4. The first-order chi connectivity index (χ1) is 24.5. The molecule has 1 amide bonds. The zero-order chi connectivity index (χ0) is 37.5. The lowest BCUT2D eigenvalue weighted by molar-refractivity contribution is -0.154. The number of H-pyrrole nitrogens is 1. The van der Waals surface area contributed by atoms with Crippen molar-refractivity contribution in [1.82, 2.24) is 19.4 Å². The summed E-state index contributed by atoms with van der Waals surface area (Å²) in [5, 5.41) is -0.394. The van der Waals surface area contributed by atoms with Crippen molar-refractivity contribution >= 4 is 44.1 Å². The third-order valence-electron chi connectivity index (χ3n) is 9.73. The number of sulfone groups is 1. The summed E-state index contributed by atoms with van der Waals surface area (Å²) in [6.07, 6.45) is 11.0. The number of benzene rings is 1. The van der Waals surface area contributed by atoms with Gasteiger partial charge in [0.05, 0.1) is 23.7 Å². The van der Waals surface area contributed by atoms with Crippen molar-refractivity contribution in [3.05, 3.63) is 75.5 Å². The Morgan fingerprint density at radius 2 is 1.73 bits per heavy atom. The Morgan fingerprint density at radius 1 is 1.02 bits per heavy atom. The minimum absolute atomic E-state index is 0.0344. The standard InChI is InChI=1S/C38H45F2N5O6S/c1-38(2,3)51-32(46)12-10-8-6-7-9-11-14-44-15-13-31(52(5,49)50)26-17-25-28-22-43(4)37(48)34-33(28)23(19-41-34)21-45(30(25)18-27(26)36(44)47)35-29(40)16-24(39)20-42-35/h16-20,22,31,41H,6-15,21H2,1-5H3. The first kappa shape index (κ1) is 37.2. The molecule has 6 rings (SSSR count). The molecule has 0 bridgehead atoms. The molecule has 5 heterocycles. The number of hydrogen-bond acceptors (Lipinski definition) is 8. The number of esters is 1. The number of aromatic nitrogens is 3. The van der Waals surface area contributed by atoms with Crippen LogP contribution in [0.15, 0.2) is 41.6 Å². The van der Waals surface area contributed by atoms with Crippen LogP contribution in [0.1, 0.15) is 98.9 Å². The van der Waals surface area contributed by atoms with Crippen molar-refractivity contribution in [2.24, 2.45) is 7.05 Å². The Morgan fingerprint density at radius 3 is 2.42 bits per heavy atom. The fourth-order valence-electron chi connectivity index (χ4n) is 7.34. The zero-order valence-electron chi connectivity index (χ0n) is 30.2. The summed E-state index contributed by atoms with van der Waals surface area (Å²) in [6.45, 7) is 6.23. The summed E-state index contributed by atoms with van der Waals surface area (Å²) in [6, 6.07) is 4.02. The number of aryl methyl sites for hydroxylation is 1. The van der Waals surface area contributed by atoms with E-state index >= 15 is 4.39 Å². The van der Waals surface area contributed by atoms with Crippen LogP contribution in [0.3, 0.4) is 0 Å². The molecule has 0 spiro atoms. The van der Waals surface area contributed by atoms with Gasteiger partial charge in [-0.1, -0.05) is 25.7 Å². The van der Waals surface area contributed by atoms with Crippen molar-refractivity contribution in [2.75, 3.05) is 24.2 Å². The molecule has 0 aliphatic carbocycles. The van der Waals surface area contributed by atoms with Crippen molar-refractivity contribution in [3.8, 4) is 11.1 Å². The third-order valence-corrected chi connectivity index (χ3v) is 11.3. The number of unbranched alkanes of at least 4 members (excludes halogenated alkanes) is 5. The van der Waals surface area contributed by atoms with Crippen LogP contribution in [0.2, 0.25) is 0 Å². The van der Waals surface area contributed by atoms with Crippen LogP contribution < -0.4 is 10.5 Å². The number of nitrogens with zero attached hydrogens (tertiary/aromatic N) is 4. The molecule has 1 aromatic carbocycles. The highest BCUT2D eigenvalue weighted by Gasteiger charge is 2.37. The number of hydrogen-bond donors (Lipinski definition) is 1. The molecule has 1 N–H and O–H groups in total. The van der Waals surface area contributed by atoms with E-state index in [-0.39, 0.29) is 48.3 Å². The Labute approximate surface area is 301 Å². The molecule has 3 aromatic heterocycles. The topological polar surface area (TPSA) is 135 Å². The van der Waals surface area contributed by atoms with E-state index < -0.39 is 32.3 Å². The van der Waals surface area contributed by atoms with Gasteiger partial charge in [-0.2, -0.15) is 0 Å². The van der Waals surface area contributed by atoms with Crippen LogP contribution in [0.5, 0.6) is 0 Å². The van der Waals surface area contributed by atoms with Crippen LogP contribution >= 0.6 is 0 Å². The fraction of sp³-hybridized carbons (Fsp3) is 0.474. The van der Waals surface area contributed by atoms with Crippen LogP contribution in [0.4, 0.5) is 20.3 Å². The molecule has 14 heteroatoms. The Kier molecular flexibility index (Phi) is 10.3. The van der Waals surface area contributed by atoms with E-state index in [0.717, 1.165) is 50.6 Å². The average molecular weight is 738 g/mol. The molecule has 1 atom stereocenters. The van der Waals surface area contributed by atoms with E-state index in [1.807, 2.05) is 20.8 Å². The van der Waals surface area contributed by atoms with Crippen LogP contribution in [-0.2, 0) is 33.0 Å². The van der Waals surface area contributed by atoms with E-state index in [1.54, 1.807) is 36.5 Å². The number of rotatable bonds is 11. The summed E-state index contributed by atoms with van der Waals surface area (Å²) in [7, 11) is -2.09. The smallest absolute Gasteiger partial charge is 0.306 e. The molecule has 0 fully saturated rings. The molecule has 11 nitrogen and oxygen atoms in total. The normalized spacial score (nSPS) is 16.1. The number of carbonyl (C=O) groups is 2.